The second-order valence-corrected chi connectivity index (χ2v) is 28.1. The summed E-state index contributed by atoms with van der Waals surface area (Å²) in [4.78, 5) is 29.2. The average molecular weight is 1200 g/mol. The summed E-state index contributed by atoms with van der Waals surface area (Å²) in [5.74, 6) is -0.488. The lowest BCUT2D eigenvalue weighted by atomic mass is 9.70. The van der Waals surface area contributed by atoms with Crippen molar-refractivity contribution in [3.05, 3.63) is 83.2 Å². The number of nitrogens with zero attached hydrogens (tertiary/aromatic N) is 2. The molecule has 0 saturated heterocycles. The molecule has 1 aliphatic rings. The van der Waals surface area contributed by atoms with Crippen molar-refractivity contribution in [3.63, 3.8) is 0 Å². The summed E-state index contributed by atoms with van der Waals surface area (Å²) in [6.45, 7) is 10.9. The van der Waals surface area contributed by atoms with Gasteiger partial charge in [0.2, 0.25) is 0 Å². The summed E-state index contributed by atoms with van der Waals surface area (Å²) in [5.41, 5.74) is 12.0. The number of fused-ring (bicyclic) bond motifs is 5. The van der Waals surface area contributed by atoms with Gasteiger partial charge in [-0.1, -0.05) is 296 Å². The van der Waals surface area contributed by atoms with Gasteiger partial charge in [0.1, 0.15) is 11.4 Å². The number of thiophene rings is 2. The number of aromatic nitrogens is 2. The Morgan fingerprint density at radius 3 is 0.941 bits per heavy atom. The minimum Gasteiger partial charge on any atom is -0.464 e. The molecule has 85 heavy (non-hydrogen) atoms. The van der Waals surface area contributed by atoms with Crippen LogP contribution < -0.4 is 0 Å². The van der Waals surface area contributed by atoms with Crippen molar-refractivity contribution < 1.29 is 19.1 Å². The van der Waals surface area contributed by atoms with Gasteiger partial charge in [-0.15, -0.1) is 22.7 Å². The molecule has 2 aromatic carbocycles. The number of rotatable bonds is 48. The Hall–Kier alpha value is -4.14. The average Bonchev–Trinajstić information content (AvgIpc) is 1.62. The van der Waals surface area contributed by atoms with Gasteiger partial charge in [-0.3, -0.25) is 0 Å². The number of carbonyl (C=O) groups is 2. The maximum Gasteiger partial charge on any atom is 0.354 e. The van der Waals surface area contributed by atoms with Gasteiger partial charge in [-0.05, 0) is 95.5 Å². The molecule has 0 aliphatic heterocycles. The van der Waals surface area contributed by atoms with Gasteiger partial charge in [-0.25, -0.2) is 9.59 Å². The molecule has 7 rings (SSSR count). The van der Waals surface area contributed by atoms with E-state index < -0.39 is 0 Å². The van der Waals surface area contributed by atoms with E-state index in [0.717, 1.165) is 59.2 Å². The molecule has 4 aromatic heterocycles. The first-order valence-corrected chi connectivity index (χ1v) is 37.2. The Bertz CT molecular complexity index is 2670. The van der Waals surface area contributed by atoms with E-state index in [1.165, 1.54) is 301 Å². The molecule has 4 heterocycles. The predicted molar refractivity (Wildman–Crippen MR) is 370 cm³/mol. The lowest BCUT2D eigenvalue weighted by Crippen LogP contribution is -2.25. The van der Waals surface area contributed by atoms with Crippen LogP contribution in [0.4, 0.5) is 0 Å². The van der Waals surface area contributed by atoms with Crippen molar-refractivity contribution in [2.24, 2.45) is 0 Å². The largest absolute Gasteiger partial charge is 0.464 e. The number of unbranched alkanes of at least 4 members (excludes halogenated alkanes) is 36. The van der Waals surface area contributed by atoms with Crippen molar-refractivity contribution in [2.45, 2.75) is 316 Å². The maximum absolute atomic E-state index is 13.3. The molecular formula is C77H116N2O4S2. The van der Waals surface area contributed by atoms with Crippen LogP contribution >= 0.6 is 22.7 Å². The molecule has 6 nitrogen and oxygen atoms in total. The zero-order chi connectivity index (χ0) is 59.9. The smallest absolute Gasteiger partial charge is 0.354 e. The third-order valence-corrected chi connectivity index (χ3v) is 21.5. The Morgan fingerprint density at radius 1 is 0.365 bits per heavy atom. The van der Waals surface area contributed by atoms with Crippen LogP contribution in [0.15, 0.2) is 60.7 Å². The summed E-state index contributed by atoms with van der Waals surface area (Å²) in [6, 6.07) is 23.9. The van der Waals surface area contributed by atoms with Gasteiger partial charge in [-0.2, -0.15) is 0 Å². The minimum atomic E-state index is -0.244. The third kappa shape index (κ3) is 19.9. The molecule has 0 bridgehead atoms. The Balaban J connectivity index is 1.19. The zero-order valence-electron chi connectivity index (χ0n) is 54.7. The topological polar surface area (TPSA) is 62.5 Å². The van der Waals surface area contributed by atoms with Gasteiger partial charge >= 0.3 is 11.9 Å². The number of hydrogen-bond donors (Lipinski definition) is 0. The van der Waals surface area contributed by atoms with E-state index >= 15 is 0 Å². The van der Waals surface area contributed by atoms with Gasteiger partial charge in [0.15, 0.2) is 0 Å². The fourth-order valence-corrected chi connectivity index (χ4v) is 16.4. The maximum atomic E-state index is 13.3. The highest BCUT2D eigenvalue weighted by Crippen LogP contribution is 2.56. The molecule has 1 aliphatic carbocycles. The number of benzene rings is 2. The summed E-state index contributed by atoms with van der Waals surface area (Å²) in [6.07, 6.45) is 54.8. The quantitative estimate of drug-likeness (QED) is 0.0282. The van der Waals surface area contributed by atoms with Crippen LogP contribution in [-0.4, -0.2) is 35.3 Å². The van der Waals surface area contributed by atoms with Crippen LogP contribution in [-0.2, 0) is 28.0 Å². The van der Waals surface area contributed by atoms with E-state index in [2.05, 4.69) is 97.5 Å². The standard InChI is InChI=1S/C77H116N2O4S2/c1-7-11-15-19-23-27-31-35-39-43-51-77(52-44-40-36-32-28-24-20-16-12-8-2)65-55-61(71-57-67-73(84-71)59-69(75(80)82-5)78(67)53-45-41-37-33-29-25-21-17-13-9-3)47-49-63(65)64-50-48-62(56-66(64)77)72-58-68-74(85-72)60-70(76(81)83-6)79(68)54-46-42-38-34-30-26-22-18-14-10-4/h47-50,55-60H,7-46,51-54H2,1-6H3. The highest BCUT2D eigenvalue weighted by Gasteiger charge is 2.43. The first kappa shape index (κ1) is 68.4. The Kier molecular flexibility index (Phi) is 30.8. The molecule has 0 spiro atoms. The van der Waals surface area contributed by atoms with Gasteiger partial charge in [0, 0.05) is 28.3 Å². The molecule has 0 fully saturated rings. The molecule has 0 saturated carbocycles. The summed E-state index contributed by atoms with van der Waals surface area (Å²) in [5, 5.41) is 0. The third-order valence-electron chi connectivity index (χ3n) is 19.3. The minimum absolute atomic E-state index is 0.101. The van der Waals surface area contributed by atoms with Crippen LogP contribution in [0.25, 0.3) is 52.4 Å². The van der Waals surface area contributed by atoms with Gasteiger partial charge in [0.05, 0.1) is 34.7 Å². The molecule has 0 radical (unpaired) electrons. The van der Waals surface area contributed by atoms with Gasteiger partial charge in [0.25, 0.3) is 0 Å². The number of aryl methyl sites for hydroxylation is 2. The van der Waals surface area contributed by atoms with Crippen molar-refractivity contribution >= 4 is 55.0 Å². The summed E-state index contributed by atoms with van der Waals surface area (Å²) < 4.78 is 17.6. The molecule has 0 amide bonds. The molecule has 8 heteroatoms. The van der Waals surface area contributed by atoms with Crippen LogP contribution in [0, 0.1) is 0 Å². The number of esters is 2. The predicted octanol–water partition coefficient (Wildman–Crippen LogP) is 25.4. The van der Waals surface area contributed by atoms with Gasteiger partial charge < -0.3 is 18.6 Å². The van der Waals surface area contributed by atoms with E-state index in [-0.39, 0.29) is 17.4 Å². The zero-order valence-corrected chi connectivity index (χ0v) is 56.4. The number of carbonyl (C=O) groups excluding carboxylic acids is 2. The molecule has 0 atom stereocenters. The van der Waals surface area contributed by atoms with E-state index in [1.54, 1.807) is 0 Å². The van der Waals surface area contributed by atoms with E-state index in [1.807, 2.05) is 22.7 Å². The molecule has 6 aromatic rings. The first-order chi connectivity index (χ1) is 41.8. The second-order valence-electron chi connectivity index (χ2n) is 25.9. The van der Waals surface area contributed by atoms with Crippen molar-refractivity contribution in [3.8, 4) is 32.0 Å². The highest BCUT2D eigenvalue weighted by atomic mass is 32.1. The summed E-state index contributed by atoms with van der Waals surface area (Å²) >= 11 is 3.66. The lowest BCUT2D eigenvalue weighted by molar-refractivity contribution is 0.0580. The number of ether oxygens (including phenoxy) is 2. The fourth-order valence-electron chi connectivity index (χ4n) is 14.2. The Morgan fingerprint density at radius 2 is 0.647 bits per heavy atom. The first-order valence-electron chi connectivity index (χ1n) is 35.5. The lowest BCUT2D eigenvalue weighted by Gasteiger charge is -2.33. The van der Waals surface area contributed by atoms with Crippen LogP contribution in [0.1, 0.15) is 329 Å². The molecule has 470 valence electrons. The highest BCUT2D eigenvalue weighted by molar-refractivity contribution is 7.22. The number of methoxy groups -OCH3 is 2. The fraction of sp³-hybridized carbons (Fsp3) is 0.662. The van der Waals surface area contributed by atoms with E-state index in [0.29, 0.717) is 11.4 Å². The summed E-state index contributed by atoms with van der Waals surface area (Å²) in [7, 11) is 3.03. The second kappa shape index (κ2) is 38.3. The van der Waals surface area contributed by atoms with Crippen LogP contribution in [0.5, 0.6) is 0 Å². The van der Waals surface area contributed by atoms with Crippen molar-refractivity contribution in [1.82, 2.24) is 9.13 Å². The van der Waals surface area contributed by atoms with Crippen molar-refractivity contribution in [1.29, 1.82) is 0 Å². The molecule has 0 N–H and O–H groups in total. The monoisotopic (exact) mass is 1200 g/mol. The molecular weight excluding hydrogens is 1080 g/mol. The van der Waals surface area contributed by atoms with Crippen molar-refractivity contribution in [2.75, 3.05) is 14.2 Å². The van der Waals surface area contributed by atoms with Crippen LogP contribution in [0.3, 0.4) is 0 Å². The van der Waals surface area contributed by atoms with Crippen LogP contribution in [0.2, 0.25) is 0 Å². The number of hydrogen-bond acceptors (Lipinski definition) is 6. The normalized spacial score (nSPS) is 12.7. The Labute approximate surface area is 525 Å². The van der Waals surface area contributed by atoms with E-state index in [4.69, 9.17) is 9.47 Å². The molecule has 0 unspecified atom stereocenters. The SMILES string of the molecule is CCCCCCCCCCCCn1c(C(=O)OC)cc2sc(-c3ccc4c(c3)C(CCCCCCCCCCCC)(CCCCCCCCCCCC)c3cc(-c5cc6c(cc(C(=O)OC)n6CCCCCCCCCCCC)s5)ccc3-4)cc21. The van der Waals surface area contributed by atoms with E-state index in [9.17, 15) is 9.59 Å².